The second-order valence-corrected chi connectivity index (χ2v) is 9.45. The minimum absolute atomic E-state index is 0.144. The van der Waals surface area contributed by atoms with Crippen molar-refractivity contribution in [3.05, 3.63) is 99.6 Å². The number of allylic oxidation sites excluding steroid dienone is 1. The van der Waals surface area contributed by atoms with Crippen LogP contribution in [0.3, 0.4) is 0 Å². The molecule has 0 saturated heterocycles. The van der Waals surface area contributed by atoms with Crippen LogP contribution in [0.25, 0.3) is 6.08 Å². The van der Waals surface area contributed by atoms with E-state index >= 15 is 0 Å². The van der Waals surface area contributed by atoms with Crippen molar-refractivity contribution >= 4 is 17.6 Å². The number of ketones is 2. The molecule has 9 nitrogen and oxygen atoms in total. The van der Waals surface area contributed by atoms with Gasteiger partial charge in [-0.25, -0.2) is 0 Å². The third kappa shape index (κ3) is 5.83. The van der Waals surface area contributed by atoms with Crippen LogP contribution in [-0.4, -0.2) is 51.0 Å². The molecule has 0 bridgehead atoms. The molecule has 1 fully saturated rings. The molecule has 4 unspecified atom stereocenters. The highest BCUT2D eigenvalue weighted by atomic mass is 16.6. The fourth-order valence-electron chi connectivity index (χ4n) is 5.34. The Morgan fingerprint density at radius 1 is 0.825 bits per heavy atom. The van der Waals surface area contributed by atoms with Gasteiger partial charge in [-0.2, -0.15) is 0 Å². The van der Waals surface area contributed by atoms with Crippen molar-refractivity contribution in [2.75, 3.05) is 28.4 Å². The van der Waals surface area contributed by atoms with Crippen molar-refractivity contribution in [1.29, 1.82) is 0 Å². The van der Waals surface area contributed by atoms with Crippen molar-refractivity contribution in [2.45, 2.75) is 24.3 Å². The summed E-state index contributed by atoms with van der Waals surface area (Å²) in [6, 6.07) is 17.6. The van der Waals surface area contributed by atoms with E-state index in [0.717, 1.165) is 5.56 Å². The first-order valence-corrected chi connectivity index (χ1v) is 12.7. The molecule has 40 heavy (non-hydrogen) atoms. The first-order valence-electron chi connectivity index (χ1n) is 12.7. The molecule has 1 aliphatic carbocycles. The van der Waals surface area contributed by atoms with Gasteiger partial charge in [0.15, 0.2) is 17.3 Å². The van der Waals surface area contributed by atoms with E-state index in [-0.39, 0.29) is 17.1 Å². The summed E-state index contributed by atoms with van der Waals surface area (Å²) in [5.41, 5.74) is 1.80. The maximum absolute atomic E-state index is 13.7. The van der Waals surface area contributed by atoms with Crippen LogP contribution in [0.4, 0.5) is 0 Å². The largest absolute Gasteiger partial charge is 0.497 e. The molecule has 0 amide bonds. The summed E-state index contributed by atoms with van der Waals surface area (Å²) in [5, 5.41) is 12.7. The first kappa shape index (κ1) is 28.4. The van der Waals surface area contributed by atoms with Gasteiger partial charge >= 0.3 is 0 Å². The van der Waals surface area contributed by atoms with Crippen molar-refractivity contribution in [2.24, 2.45) is 5.92 Å². The number of nitrogens with zero attached hydrogens (tertiary/aromatic N) is 1. The molecule has 208 valence electrons. The fourth-order valence-corrected chi connectivity index (χ4v) is 5.34. The molecule has 1 aliphatic rings. The molecule has 4 rings (SSSR count). The van der Waals surface area contributed by atoms with Crippen LogP contribution >= 0.6 is 0 Å². The molecule has 0 heterocycles. The molecule has 3 aromatic carbocycles. The third-order valence-electron chi connectivity index (χ3n) is 7.35. The van der Waals surface area contributed by atoms with Gasteiger partial charge in [0.1, 0.15) is 17.3 Å². The number of hydrogen-bond donors (Lipinski definition) is 0. The van der Waals surface area contributed by atoms with Crippen LogP contribution < -0.4 is 18.9 Å². The number of hydrogen-bond acceptors (Lipinski definition) is 8. The zero-order valence-corrected chi connectivity index (χ0v) is 22.7. The highest BCUT2D eigenvalue weighted by molar-refractivity contribution is 6.10. The molecule has 0 aromatic heterocycles. The number of methoxy groups -OCH3 is 4. The molecule has 9 heteroatoms. The first-order chi connectivity index (χ1) is 19.3. The van der Waals surface area contributed by atoms with Crippen molar-refractivity contribution < 1.29 is 33.5 Å². The molecule has 4 atom stereocenters. The summed E-state index contributed by atoms with van der Waals surface area (Å²) in [6.07, 6.45) is 2.77. The summed E-state index contributed by atoms with van der Waals surface area (Å²) >= 11 is 0. The van der Waals surface area contributed by atoms with Gasteiger partial charge in [-0.05, 0) is 59.2 Å². The minimum Gasteiger partial charge on any atom is -0.497 e. The number of benzene rings is 3. The lowest BCUT2D eigenvalue weighted by molar-refractivity contribution is -0.533. The van der Waals surface area contributed by atoms with Crippen molar-refractivity contribution in [3.8, 4) is 23.0 Å². The van der Waals surface area contributed by atoms with Gasteiger partial charge in [0.25, 0.3) is 0 Å². The number of rotatable bonds is 10. The number of nitro groups is 1. The van der Waals surface area contributed by atoms with Crippen molar-refractivity contribution in [3.63, 3.8) is 0 Å². The summed E-state index contributed by atoms with van der Waals surface area (Å²) in [4.78, 5) is 39.7. The maximum Gasteiger partial charge on any atom is 0.228 e. The Labute approximate surface area is 232 Å². The van der Waals surface area contributed by atoms with Crippen LogP contribution in [0.2, 0.25) is 0 Å². The second-order valence-electron chi connectivity index (χ2n) is 9.45. The van der Waals surface area contributed by atoms with Crippen LogP contribution in [-0.2, 0) is 9.59 Å². The van der Waals surface area contributed by atoms with E-state index < -0.39 is 29.6 Å². The molecule has 0 spiro atoms. The molecular weight excluding hydrogens is 514 g/mol. The van der Waals surface area contributed by atoms with Crippen LogP contribution in [0.15, 0.2) is 72.8 Å². The summed E-state index contributed by atoms with van der Waals surface area (Å²) < 4.78 is 21.2. The zero-order chi connectivity index (χ0) is 28.8. The summed E-state index contributed by atoms with van der Waals surface area (Å²) in [6.45, 7) is 0. The van der Waals surface area contributed by atoms with E-state index in [1.807, 2.05) is 0 Å². The number of ether oxygens (including phenoxy) is 4. The normalized spacial score (nSPS) is 20.6. The highest BCUT2D eigenvalue weighted by Gasteiger charge is 2.54. The topological polar surface area (TPSA) is 114 Å². The van der Waals surface area contributed by atoms with Gasteiger partial charge in [-0.15, -0.1) is 0 Å². The van der Waals surface area contributed by atoms with Gasteiger partial charge in [0.05, 0.1) is 46.2 Å². The minimum atomic E-state index is -1.26. The molecule has 0 aliphatic heterocycles. The second kappa shape index (κ2) is 12.5. The predicted molar refractivity (Wildman–Crippen MR) is 149 cm³/mol. The highest BCUT2D eigenvalue weighted by Crippen LogP contribution is 2.47. The SMILES string of the molecule is COc1ccc(/C=C/C(=O)C2C(=O)CC(c3ccc(OC)cc3)C([N+](=O)[O-])C2c2ccc(OC)c(OC)c2)cc1. The van der Waals surface area contributed by atoms with Gasteiger partial charge in [-0.1, -0.05) is 36.4 Å². The fraction of sp³-hybridized carbons (Fsp3) is 0.290. The molecule has 0 N–H and O–H groups in total. The Balaban J connectivity index is 1.80. The summed E-state index contributed by atoms with van der Waals surface area (Å²) in [7, 11) is 6.03. The zero-order valence-electron chi connectivity index (χ0n) is 22.7. The average Bonchev–Trinajstić information content (AvgIpc) is 2.99. The lowest BCUT2D eigenvalue weighted by atomic mass is 9.64. The smallest absolute Gasteiger partial charge is 0.228 e. The Bertz CT molecular complexity index is 1400. The Hall–Kier alpha value is -4.66. The van der Waals surface area contributed by atoms with E-state index in [4.69, 9.17) is 18.9 Å². The predicted octanol–water partition coefficient (Wildman–Crippen LogP) is 5.11. The number of carbonyl (C=O) groups is 2. The van der Waals surface area contributed by atoms with Crippen LogP contribution in [0.1, 0.15) is 34.9 Å². The summed E-state index contributed by atoms with van der Waals surface area (Å²) in [5.74, 6) is -1.87. The quantitative estimate of drug-likeness (QED) is 0.150. The standard InChI is InChI=1S/C31H31NO8/c1-37-22-11-5-19(6-12-22)7-15-25(33)30-26(34)18-24(20-8-13-23(38-2)14-9-20)31(32(35)36)29(30)21-10-16-27(39-3)28(17-21)40-4/h5-17,24,29-31H,18H2,1-4H3/b15-7+. The van der Waals surface area contributed by atoms with E-state index in [0.29, 0.717) is 34.1 Å². The van der Waals surface area contributed by atoms with E-state index in [1.165, 1.54) is 27.4 Å². The molecule has 1 saturated carbocycles. The van der Waals surface area contributed by atoms with Gasteiger partial charge in [-0.3, -0.25) is 19.7 Å². The maximum atomic E-state index is 13.7. The van der Waals surface area contributed by atoms with Crippen LogP contribution in [0.5, 0.6) is 23.0 Å². The Morgan fingerprint density at radius 2 is 1.40 bits per heavy atom. The average molecular weight is 546 g/mol. The molecule has 0 radical (unpaired) electrons. The van der Waals surface area contributed by atoms with E-state index in [2.05, 4.69) is 0 Å². The van der Waals surface area contributed by atoms with E-state index in [1.54, 1.807) is 79.9 Å². The van der Waals surface area contributed by atoms with Crippen LogP contribution in [0, 0.1) is 16.0 Å². The Kier molecular flexibility index (Phi) is 8.83. The Morgan fingerprint density at radius 3 is 1.95 bits per heavy atom. The van der Waals surface area contributed by atoms with Gasteiger partial charge in [0.2, 0.25) is 6.04 Å². The van der Waals surface area contributed by atoms with E-state index in [9.17, 15) is 19.7 Å². The third-order valence-corrected chi connectivity index (χ3v) is 7.35. The number of Topliss-reactive ketones (excluding diaryl/α,β-unsaturated/α-hetero) is 1. The monoisotopic (exact) mass is 545 g/mol. The van der Waals surface area contributed by atoms with Gasteiger partial charge in [0, 0.05) is 11.3 Å². The lowest BCUT2D eigenvalue weighted by Gasteiger charge is -2.37. The number of carbonyl (C=O) groups excluding carboxylic acids is 2. The molecule has 3 aromatic rings. The lowest BCUT2D eigenvalue weighted by Crippen LogP contribution is -2.48. The molecular formula is C31H31NO8. The van der Waals surface area contributed by atoms with Gasteiger partial charge < -0.3 is 18.9 Å². The van der Waals surface area contributed by atoms with Crippen molar-refractivity contribution in [1.82, 2.24) is 0 Å².